The van der Waals surface area contributed by atoms with Crippen molar-refractivity contribution in [3.8, 4) is 5.75 Å². The van der Waals surface area contributed by atoms with E-state index in [1.54, 1.807) is 60.7 Å². The lowest BCUT2D eigenvalue weighted by Crippen LogP contribution is -2.21. The highest BCUT2D eigenvalue weighted by atomic mass is 31.2. The number of rotatable bonds is 6. The summed E-state index contributed by atoms with van der Waals surface area (Å²) in [5.41, 5.74) is -0.103. The molecule has 0 fully saturated rings. The Morgan fingerprint density at radius 2 is 1.25 bits per heavy atom. The van der Waals surface area contributed by atoms with Gasteiger partial charge in [-0.2, -0.15) is 0 Å². The van der Waals surface area contributed by atoms with E-state index < -0.39 is 19.3 Å². The maximum atomic E-state index is 14.0. The number of aryl methyl sites for hydroxylation is 1. The number of benzene rings is 3. The molecule has 0 unspecified atom stereocenters. The van der Waals surface area contributed by atoms with E-state index in [4.69, 9.17) is 4.52 Å². The van der Waals surface area contributed by atoms with Crippen LogP contribution < -0.4 is 15.1 Å². The van der Waals surface area contributed by atoms with Crippen LogP contribution in [0.5, 0.6) is 5.75 Å². The monoisotopic (exact) mass is 396 g/mol. The fraction of sp³-hybridized carbons (Fsp3) is 0.0476. The van der Waals surface area contributed by atoms with Crippen molar-refractivity contribution >= 4 is 29.9 Å². The first-order valence-electron chi connectivity index (χ1n) is 8.35. The number of carboxylic acids is 2. The summed E-state index contributed by atoms with van der Waals surface area (Å²) in [5, 5.41) is 19.7. The molecule has 0 saturated heterocycles. The molecule has 0 spiro atoms. The van der Waals surface area contributed by atoms with Crippen LogP contribution in [0.25, 0.3) is 0 Å². The van der Waals surface area contributed by atoms with Crippen molar-refractivity contribution in [1.82, 2.24) is 0 Å². The molecule has 0 heterocycles. The molecule has 142 valence electrons. The lowest BCUT2D eigenvalue weighted by atomic mass is 10.0. The summed E-state index contributed by atoms with van der Waals surface area (Å²) in [6.45, 7) is 1.49. The maximum Gasteiger partial charge on any atom is 0.339 e. The minimum absolute atomic E-state index is 0.118. The van der Waals surface area contributed by atoms with Crippen LogP contribution in [0.1, 0.15) is 26.3 Å². The molecule has 0 aliphatic carbocycles. The average Bonchev–Trinajstić information content (AvgIpc) is 2.70. The molecule has 3 rings (SSSR count). The molecule has 0 radical (unpaired) electrons. The molecular weight excluding hydrogens is 379 g/mol. The van der Waals surface area contributed by atoms with E-state index in [1.165, 1.54) is 13.0 Å². The second-order valence-electron chi connectivity index (χ2n) is 6.09. The predicted octanol–water partition coefficient (Wildman–Crippen LogP) is 3.70. The molecule has 0 bridgehead atoms. The van der Waals surface area contributed by atoms with Crippen molar-refractivity contribution in [1.29, 1.82) is 0 Å². The molecule has 3 aromatic carbocycles. The SMILES string of the molecule is Cc1cc(C(=O)O)c(OP(=O)(c2ccccc2)c2ccccc2)cc1C(=O)O. The Morgan fingerprint density at radius 1 is 0.786 bits per heavy atom. The molecule has 0 amide bonds. The Balaban J connectivity index is 2.23. The molecule has 7 heteroatoms. The Bertz CT molecular complexity index is 1030. The molecule has 2 N–H and O–H groups in total. The molecule has 3 aromatic rings. The third-order valence-electron chi connectivity index (χ3n) is 4.21. The van der Waals surface area contributed by atoms with Gasteiger partial charge in [0.05, 0.1) is 16.2 Å². The summed E-state index contributed by atoms with van der Waals surface area (Å²) >= 11 is 0. The third kappa shape index (κ3) is 3.68. The van der Waals surface area contributed by atoms with Gasteiger partial charge in [0, 0.05) is 0 Å². The summed E-state index contributed by atoms with van der Waals surface area (Å²) in [6, 6.07) is 19.1. The quantitative estimate of drug-likeness (QED) is 0.616. The highest BCUT2D eigenvalue weighted by Crippen LogP contribution is 2.46. The van der Waals surface area contributed by atoms with Crippen molar-refractivity contribution in [3.63, 3.8) is 0 Å². The van der Waals surface area contributed by atoms with E-state index in [2.05, 4.69) is 0 Å². The van der Waals surface area contributed by atoms with Crippen LogP contribution in [0.2, 0.25) is 0 Å². The summed E-state index contributed by atoms with van der Waals surface area (Å²) in [7, 11) is -3.73. The van der Waals surface area contributed by atoms with E-state index in [0.29, 0.717) is 10.6 Å². The first-order valence-corrected chi connectivity index (χ1v) is 9.97. The third-order valence-corrected chi connectivity index (χ3v) is 6.62. The standard InChI is InChI=1S/C21H17O6P/c1-14-12-18(21(24)25)19(13-17(14)20(22)23)27-28(26,15-8-4-2-5-9-15)16-10-6-3-7-11-16/h2-13H,1H3,(H,22,23)(H,24,25). The Morgan fingerprint density at radius 3 is 1.68 bits per heavy atom. The largest absolute Gasteiger partial charge is 0.478 e. The van der Waals surface area contributed by atoms with Crippen LogP contribution in [0.15, 0.2) is 72.8 Å². The van der Waals surface area contributed by atoms with Crippen molar-refractivity contribution < 1.29 is 28.9 Å². The zero-order chi connectivity index (χ0) is 20.3. The molecule has 6 nitrogen and oxygen atoms in total. The Kier molecular flexibility index (Phi) is 5.34. The smallest absolute Gasteiger partial charge is 0.339 e. The van der Waals surface area contributed by atoms with Gasteiger partial charge in [0.15, 0.2) is 0 Å². The fourth-order valence-electron chi connectivity index (χ4n) is 2.80. The van der Waals surface area contributed by atoms with Gasteiger partial charge in [-0.3, -0.25) is 4.57 Å². The lowest BCUT2D eigenvalue weighted by molar-refractivity contribution is 0.0678. The van der Waals surface area contributed by atoms with E-state index in [0.717, 1.165) is 6.07 Å². The number of aromatic carboxylic acids is 2. The van der Waals surface area contributed by atoms with Crippen LogP contribution >= 0.6 is 7.37 Å². The van der Waals surface area contributed by atoms with Gasteiger partial charge < -0.3 is 14.7 Å². The summed E-state index contributed by atoms with van der Waals surface area (Å²) in [5.74, 6) is -2.79. The topological polar surface area (TPSA) is 101 Å². The second kappa shape index (κ2) is 7.71. The Labute approximate surface area is 161 Å². The van der Waals surface area contributed by atoms with Gasteiger partial charge in [0.25, 0.3) is 0 Å². The van der Waals surface area contributed by atoms with Gasteiger partial charge in [-0.15, -0.1) is 0 Å². The van der Waals surface area contributed by atoms with Gasteiger partial charge in [0.1, 0.15) is 11.3 Å². The van der Waals surface area contributed by atoms with Crippen LogP contribution in [0.4, 0.5) is 0 Å². The number of hydrogen-bond acceptors (Lipinski definition) is 4. The minimum Gasteiger partial charge on any atom is -0.478 e. The van der Waals surface area contributed by atoms with Crippen LogP contribution in [-0.2, 0) is 4.57 Å². The van der Waals surface area contributed by atoms with E-state index in [-0.39, 0.29) is 22.4 Å². The maximum absolute atomic E-state index is 14.0. The van der Waals surface area contributed by atoms with Crippen LogP contribution in [-0.4, -0.2) is 22.2 Å². The molecular formula is C21H17O6P. The van der Waals surface area contributed by atoms with Crippen molar-refractivity contribution in [2.75, 3.05) is 0 Å². The van der Waals surface area contributed by atoms with E-state index in [1.807, 2.05) is 0 Å². The second-order valence-corrected chi connectivity index (χ2v) is 8.41. The fourth-order valence-corrected chi connectivity index (χ4v) is 4.87. The van der Waals surface area contributed by atoms with Crippen LogP contribution in [0.3, 0.4) is 0 Å². The molecule has 0 atom stereocenters. The summed E-state index contributed by atoms with van der Waals surface area (Å²) < 4.78 is 19.8. The van der Waals surface area contributed by atoms with Gasteiger partial charge in [0.2, 0.25) is 0 Å². The number of hydrogen-bond donors (Lipinski definition) is 2. The van der Waals surface area contributed by atoms with Gasteiger partial charge >= 0.3 is 19.3 Å². The first kappa shape index (κ1) is 19.4. The minimum atomic E-state index is -3.73. The van der Waals surface area contributed by atoms with E-state index in [9.17, 15) is 24.4 Å². The predicted molar refractivity (Wildman–Crippen MR) is 105 cm³/mol. The van der Waals surface area contributed by atoms with Crippen molar-refractivity contribution in [2.45, 2.75) is 6.92 Å². The van der Waals surface area contributed by atoms with Crippen molar-refractivity contribution in [2.24, 2.45) is 0 Å². The summed E-state index contributed by atoms with van der Waals surface area (Å²) in [6.07, 6.45) is 0. The van der Waals surface area contributed by atoms with Gasteiger partial charge in [-0.1, -0.05) is 36.4 Å². The number of carboxylic acid groups (broad SMARTS) is 2. The first-order chi connectivity index (χ1) is 13.3. The van der Waals surface area contributed by atoms with Gasteiger partial charge in [-0.25, -0.2) is 9.59 Å². The Hall–Kier alpha value is -3.37. The van der Waals surface area contributed by atoms with Crippen LogP contribution in [0, 0.1) is 6.92 Å². The highest BCUT2D eigenvalue weighted by molar-refractivity contribution is 7.74. The zero-order valence-corrected chi connectivity index (χ0v) is 15.8. The van der Waals surface area contributed by atoms with E-state index >= 15 is 0 Å². The highest BCUT2D eigenvalue weighted by Gasteiger charge is 2.32. The van der Waals surface area contributed by atoms with Crippen molar-refractivity contribution in [3.05, 3.63) is 89.5 Å². The molecule has 0 aliphatic rings. The van der Waals surface area contributed by atoms with Gasteiger partial charge in [-0.05, 0) is 48.9 Å². The molecule has 0 saturated carbocycles. The normalized spacial score (nSPS) is 11.0. The molecule has 0 aliphatic heterocycles. The summed E-state index contributed by atoms with van der Waals surface area (Å²) in [4.78, 5) is 23.2. The number of carbonyl (C=O) groups is 2. The molecule has 28 heavy (non-hydrogen) atoms. The lowest BCUT2D eigenvalue weighted by Gasteiger charge is -2.22. The zero-order valence-electron chi connectivity index (χ0n) is 14.9. The average molecular weight is 396 g/mol. The molecule has 0 aromatic heterocycles.